The molecule has 0 radical (unpaired) electrons. The van der Waals surface area contributed by atoms with Crippen LogP contribution in [0.2, 0.25) is 0 Å². The lowest BCUT2D eigenvalue weighted by molar-refractivity contribution is 0.0966. The molecule has 2 aromatic carbocycles. The van der Waals surface area contributed by atoms with Gasteiger partial charge in [0.25, 0.3) is 10.1 Å². The molecule has 0 bridgehead atoms. The van der Waals surface area contributed by atoms with Crippen molar-refractivity contribution in [2.24, 2.45) is 0 Å². The number of hydrogen-bond donors (Lipinski definition) is 3. The zero-order valence-electron chi connectivity index (χ0n) is 20.4. The Balaban J connectivity index is 2.10. The van der Waals surface area contributed by atoms with Crippen LogP contribution in [0.3, 0.4) is 0 Å². The average Bonchev–Trinajstić information content (AvgIpc) is 2.80. The van der Waals surface area contributed by atoms with E-state index in [-0.39, 0.29) is 23.9 Å². The molecule has 0 aromatic heterocycles. The highest BCUT2D eigenvalue weighted by atomic mass is 32.2. The number of rotatable bonds is 17. The van der Waals surface area contributed by atoms with Crippen molar-refractivity contribution in [1.29, 1.82) is 0 Å². The maximum atomic E-state index is 11.9. The Bertz CT molecular complexity index is 975. The molecule has 0 amide bonds. The molecular formula is C26H40O7S. The van der Waals surface area contributed by atoms with Crippen LogP contribution >= 0.6 is 0 Å². The SMILES string of the molecule is CCCCCCC(O)COc1ccc2c(OCC(O)CCCCCC)c(S(=O)(=O)O)ccc2c1. The predicted octanol–water partition coefficient (Wildman–Crippen LogP) is 5.51. The van der Waals surface area contributed by atoms with Gasteiger partial charge in [-0.25, -0.2) is 0 Å². The summed E-state index contributed by atoms with van der Waals surface area (Å²) in [5.74, 6) is 0.553. The van der Waals surface area contributed by atoms with Crippen molar-refractivity contribution < 1.29 is 32.7 Å². The first-order valence-electron chi connectivity index (χ1n) is 12.4. The lowest BCUT2D eigenvalue weighted by atomic mass is 10.1. The first kappa shape index (κ1) is 28.4. The quantitative estimate of drug-likeness (QED) is 0.196. The zero-order valence-corrected chi connectivity index (χ0v) is 21.2. The van der Waals surface area contributed by atoms with Crippen molar-refractivity contribution in [3.63, 3.8) is 0 Å². The van der Waals surface area contributed by atoms with Gasteiger partial charge in [0, 0.05) is 5.39 Å². The maximum absolute atomic E-state index is 11.9. The van der Waals surface area contributed by atoms with Gasteiger partial charge in [-0.3, -0.25) is 4.55 Å². The fraction of sp³-hybridized carbons (Fsp3) is 0.615. The minimum Gasteiger partial charge on any atom is -0.491 e. The molecule has 0 heterocycles. The van der Waals surface area contributed by atoms with Gasteiger partial charge in [-0.05, 0) is 42.5 Å². The van der Waals surface area contributed by atoms with Crippen LogP contribution in [0.25, 0.3) is 10.8 Å². The van der Waals surface area contributed by atoms with E-state index in [0.717, 1.165) is 51.4 Å². The molecule has 2 rings (SSSR count). The minimum atomic E-state index is -4.51. The van der Waals surface area contributed by atoms with Gasteiger partial charge in [-0.2, -0.15) is 8.42 Å². The van der Waals surface area contributed by atoms with Gasteiger partial charge >= 0.3 is 0 Å². The first-order chi connectivity index (χ1) is 16.3. The van der Waals surface area contributed by atoms with E-state index >= 15 is 0 Å². The molecule has 0 saturated heterocycles. The predicted molar refractivity (Wildman–Crippen MR) is 134 cm³/mol. The Hall–Kier alpha value is -1.87. The number of ether oxygens (including phenoxy) is 2. The zero-order chi connectivity index (χ0) is 25.0. The van der Waals surface area contributed by atoms with Crippen LogP contribution in [-0.4, -0.2) is 48.6 Å². The summed E-state index contributed by atoms with van der Waals surface area (Å²) in [6.07, 6.45) is 8.41. The summed E-state index contributed by atoms with van der Waals surface area (Å²) in [6, 6.07) is 7.93. The lowest BCUT2D eigenvalue weighted by Gasteiger charge is -2.17. The van der Waals surface area contributed by atoms with Crippen molar-refractivity contribution in [2.75, 3.05) is 13.2 Å². The maximum Gasteiger partial charge on any atom is 0.298 e. The molecule has 0 spiro atoms. The molecular weight excluding hydrogens is 456 g/mol. The number of benzene rings is 2. The second-order valence-corrected chi connectivity index (χ2v) is 10.3. The average molecular weight is 497 g/mol. The van der Waals surface area contributed by atoms with Gasteiger partial charge in [-0.15, -0.1) is 0 Å². The Morgan fingerprint density at radius 2 is 1.38 bits per heavy atom. The van der Waals surface area contributed by atoms with Crippen molar-refractivity contribution in [3.05, 3.63) is 30.3 Å². The third-order valence-electron chi connectivity index (χ3n) is 5.83. The monoisotopic (exact) mass is 496 g/mol. The van der Waals surface area contributed by atoms with E-state index in [4.69, 9.17) is 9.47 Å². The van der Waals surface area contributed by atoms with Crippen molar-refractivity contribution in [3.8, 4) is 11.5 Å². The highest BCUT2D eigenvalue weighted by Gasteiger charge is 2.21. The second-order valence-electron chi connectivity index (χ2n) is 8.88. The number of aliphatic hydroxyl groups excluding tert-OH is 2. The van der Waals surface area contributed by atoms with Gasteiger partial charge in [0.2, 0.25) is 0 Å². The van der Waals surface area contributed by atoms with Gasteiger partial charge in [0.15, 0.2) is 0 Å². The van der Waals surface area contributed by atoms with Crippen LogP contribution in [0.1, 0.15) is 78.1 Å². The van der Waals surface area contributed by atoms with E-state index in [0.29, 0.717) is 29.4 Å². The number of hydrogen-bond acceptors (Lipinski definition) is 6. The second kappa shape index (κ2) is 14.5. The van der Waals surface area contributed by atoms with Gasteiger partial charge in [-0.1, -0.05) is 71.3 Å². The molecule has 0 aliphatic heterocycles. The highest BCUT2D eigenvalue weighted by Crippen LogP contribution is 2.35. The van der Waals surface area contributed by atoms with E-state index in [2.05, 4.69) is 13.8 Å². The third kappa shape index (κ3) is 9.41. The van der Waals surface area contributed by atoms with Crippen molar-refractivity contribution >= 4 is 20.9 Å². The Labute approximate surface area is 203 Å². The van der Waals surface area contributed by atoms with E-state index in [9.17, 15) is 23.2 Å². The molecule has 3 N–H and O–H groups in total. The van der Waals surface area contributed by atoms with Crippen molar-refractivity contribution in [1.82, 2.24) is 0 Å². The summed E-state index contributed by atoms with van der Waals surface area (Å²) < 4.78 is 45.0. The third-order valence-corrected chi connectivity index (χ3v) is 6.71. The molecule has 2 atom stereocenters. The topological polar surface area (TPSA) is 113 Å². The summed E-state index contributed by atoms with van der Waals surface area (Å²) in [7, 11) is -4.51. The largest absolute Gasteiger partial charge is 0.491 e. The molecule has 7 nitrogen and oxygen atoms in total. The van der Waals surface area contributed by atoms with Crippen LogP contribution in [0.5, 0.6) is 11.5 Å². The Kier molecular flexibility index (Phi) is 12.1. The van der Waals surface area contributed by atoms with Gasteiger partial charge in [0.05, 0.1) is 12.2 Å². The van der Waals surface area contributed by atoms with Crippen LogP contribution in [-0.2, 0) is 10.1 Å². The Morgan fingerprint density at radius 1 is 0.794 bits per heavy atom. The van der Waals surface area contributed by atoms with Crippen LogP contribution in [0.4, 0.5) is 0 Å². The molecule has 0 aliphatic rings. The Morgan fingerprint density at radius 3 is 1.94 bits per heavy atom. The molecule has 192 valence electrons. The summed E-state index contributed by atoms with van der Waals surface area (Å²) >= 11 is 0. The first-order valence-corrected chi connectivity index (χ1v) is 13.9. The molecule has 0 saturated carbocycles. The number of aliphatic hydroxyl groups is 2. The van der Waals surface area contributed by atoms with Gasteiger partial charge in [0.1, 0.15) is 29.6 Å². The van der Waals surface area contributed by atoms with Crippen LogP contribution < -0.4 is 9.47 Å². The normalized spacial score (nSPS) is 13.7. The van der Waals surface area contributed by atoms with Crippen LogP contribution in [0.15, 0.2) is 35.2 Å². The molecule has 34 heavy (non-hydrogen) atoms. The van der Waals surface area contributed by atoms with E-state index < -0.39 is 22.3 Å². The van der Waals surface area contributed by atoms with E-state index in [1.54, 1.807) is 24.3 Å². The fourth-order valence-electron chi connectivity index (χ4n) is 3.85. The summed E-state index contributed by atoms with van der Waals surface area (Å²) in [6.45, 7) is 4.36. The summed E-state index contributed by atoms with van der Waals surface area (Å²) in [5, 5.41) is 21.5. The van der Waals surface area contributed by atoms with Crippen molar-refractivity contribution in [2.45, 2.75) is 95.2 Å². The number of fused-ring (bicyclic) bond motifs is 1. The molecule has 8 heteroatoms. The molecule has 2 unspecified atom stereocenters. The molecule has 2 aromatic rings. The van der Waals surface area contributed by atoms with Crippen LogP contribution in [0, 0.1) is 0 Å². The van der Waals surface area contributed by atoms with Gasteiger partial charge < -0.3 is 19.7 Å². The standard InChI is InChI=1S/C26H40O7S/c1-3-5-7-9-11-21(27)18-32-23-14-15-24-20(17-23)13-16-25(34(29,30)31)26(24)33-19-22(28)12-10-8-6-4-2/h13-17,21-22,27-28H,3-12,18-19H2,1-2H3,(H,29,30,31). The number of unbranched alkanes of at least 4 members (excludes halogenated alkanes) is 6. The summed E-state index contributed by atoms with van der Waals surface area (Å²) in [4.78, 5) is -0.339. The molecule has 0 aliphatic carbocycles. The fourth-order valence-corrected chi connectivity index (χ4v) is 4.50. The van der Waals surface area contributed by atoms with E-state index in [1.165, 1.54) is 6.07 Å². The van der Waals surface area contributed by atoms with E-state index in [1.807, 2.05) is 0 Å². The highest BCUT2D eigenvalue weighted by molar-refractivity contribution is 7.86. The smallest absolute Gasteiger partial charge is 0.298 e. The lowest BCUT2D eigenvalue weighted by Crippen LogP contribution is -2.18. The minimum absolute atomic E-state index is 0.00937. The summed E-state index contributed by atoms with van der Waals surface area (Å²) in [5.41, 5.74) is 0. The molecule has 0 fully saturated rings.